The summed E-state index contributed by atoms with van der Waals surface area (Å²) in [6.45, 7) is 3.33. The summed E-state index contributed by atoms with van der Waals surface area (Å²) in [6.07, 6.45) is 2.30. The molecular formula is C21H20N4O2S. The number of hydrogen-bond donors (Lipinski definition) is 0. The fraction of sp³-hybridized carbons (Fsp3) is 0.286. The smallest absolute Gasteiger partial charge is 0.191 e. The lowest BCUT2D eigenvalue weighted by molar-refractivity contribution is 0.171. The van der Waals surface area contributed by atoms with Gasteiger partial charge in [0.2, 0.25) is 0 Å². The Hall–Kier alpha value is -2.80. The van der Waals surface area contributed by atoms with E-state index in [1.54, 1.807) is 11.8 Å². The highest BCUT2D eigenvalue weighted by Crippen LogP contribution is 2.34. The SMILES string of the molecule is CCCCSc1nc2ccccc2c2nc(-c3ccc4c(c3)OCCO4)nn12. The molecule has 142 valence electrons. The number of unbranched alkanes of at least 4 members (excludes halogenated alkanes) is 1. The van der Waals surface area contributed by atoms with E-state index in [1.165, 1.54) is 0 Å². The minimum absolute atomic E-state index is 0.557. The molecule has 0 atom stereocenters. The zero-order chi connectivity index (χ0) is 18.9. The van der Waals surface area contributed by atoms with Gasteiger partial charge in [-0.3, -0.25) is 0 Å². The maximum atomic E-state index is 5.72. The van der Waals surface area contributed by atoms with Gasteiger partial charge in [-0.2, -0.15) is 4.52 Å². The Morgan fingerprint density at radius 2 is 1.89 bits per heavy atom. The van der Waals surface area contributed by atoms with Crippen LogP contribution in [0, 0.1) is 0 Å². The molecule has 7 heteroatoms. The molecule has 0 bridgehead atoms. The molecule has 1 aliphatic heterocycles. The van der Waals surface area contributed by atoms with Gasteiger partial charge >= 0.3 is 0 Å². The third-order valence-electron chi connectivity index (χ3n) is 4.68. The van der Waals surface area contributed by atoms with Crippen molar-refractivity contribution in [2.75, 3.05) is 19.0 Å². The number of benzene rings is 2. The lowest BCUT2D eigenvalue weighted by atomic mass is 10.2. The van der Waals surface area contributed by atoms with Crippen molar-refractivity contribution in [3.63, 3.8) is 0 Å². The topological polar surface area (TPSA) is 61.5 Å². The average molecular weight is 392 g/mol. The molecule has 0 saturated heterocycles. The number of fused-ring (bicyclic) bond motifs is 4. The maximum absolute atomic E-state index is 5.72. The first-order valence-corrected chi connectivity index (χ1v) is 10.5. The van der Waals surface area contributed by atoms with Gasteiger partial charge in [0.15, 0.2) is 28.1 Å². The Kier molecular flexibility index (Phi) is 4.52. The standard InChI is InChI=1S/C21H20N4O2S/c1-2-3-12-28-21-22-16-7-5-4-6-15(16)20-23-19(24-25(20)21)14-8-9-17-18(13-14)27-11-10-26-17/h4-9,13H,2-3,10-12H2,1H3. The number of hydrogen-bond acceptors (Lipinski definition) is 6. The van der Waals surface area contributed by atoms with Crippen LogP contribution in [0.25, 0.3) is 27.9 Å². The summed E-state index contributed by atoms with van der Waals surface area (Å²) in [4.78, 5) is 9.68. The Labute approximate surface area is 166 Å². The fourth-order valence-electron chi connectivity index (χ4n) is 3.24. The van der Waals surface area contributed by atoms with E-state index in [0.29, 0.717) is 19.0 Å². The zero-order valence-electron chi connectivity index (χ0n) is 15.6. The Morgan fingerprint density at radius 1 is 1.04 bits per heavy atom. The molecule has 5 rings (SSSR count). The fourth-order valence-corrected chi connectivity index (χ4v) is 4.26. The lowest BCUT2D eigenvalue weighted by Gasteiger charge is -2.18. The first-order valence-electron chi connectivity index (χ1n) is 9.52. The molecule has 0 saturated carbocycles. The van der Waals surface area contributed by atoms with Gasteiger partial charge in [0.1, 0.15) is 13.2 Å². The van der Waals surface area contributed by atoms with Crippen LogP contribution < -0.4 is 9.47 Å². The van der Waals surface area contributed by atoms with Gasteiger partial charge < -0.3 is 9.47 Å². The van der Waals surface area contributed by atoms with Crippen LogP contribution >= 0.6 is 11.8 Å². The van der Waals surface area contributed by atoms with Gasteiger partial charge in [-0.25, -0.2) is 9.97 Å². The molecule has 0 aliphatic carbocycles. The van der Waals surface area contributed by atoms with Crippen molar-refractivity contribution in [1.82, 2.24) is 19.6 Å². The van der Waals surface area contributed by atoms with Crippen molar-refractivity contribution < 1.29 is 9.47 Å². The Balaban J connectivity index is 1.64. The molecule has 1 aliphatic rings. The van der Waals surface area contributed by atoms with Crippen molar-refractivity contribution in [2.45, 2.75) is 24.9 Å². The van der Waals surface area contributed by atoms with Crippen LogP contribution in [-0.4, -0.2) is 38.5 Å². The summed E-state index contributed by atoms with van der Waals surface area (Å²) >= 11 is 1.73. The minimum atomic E-state index is 0.557. The predicted octanol–water partition coefficient (Wildman–Crippen LogP) is 4.61. The minimum Gasteiger partial charge on any atom is -0.486 e. The van der Waals surface area contributed by atoms with Crippen LogP contribution in [0.1, 0.15) is 19.8 Å². The molecule has 4 aromatic rings. The second kappa shape index (κ2) is 7.31. The Bertz CT molecular complexity index is 1160. The number of ether oxygens (including phenoxy) is 2. The summed E-state index contributed by atoms with van der Waals surface area (Å²) in [5, 5.41) is 6.66. The highest BCUT2D eigenvalue weighted by Gasteiger charge is 2.17. The first-order chi connectivity index (χ1) is 13.8. The molecule has 2 aromatic heterocycles. The van der Waals surface area contributed by atoms with Gasteiger partial charge in [0.25, 0.3) is 0 Å². The van der Waals surface area contributed by atoms with Crippen LogP contribution in [0.5, 0.6) is 11.5 Å². The molecule has 6 nitrogen and oxygen atoms in total. The van der Waals surface area contributed by atoms with E-state index in [2.05, 4.69) is 6.92 Å². The van der Waals surface area contributed by atoms with E-state index in [4.69, 9.17) is 24.5 Å². The van der Waals surface area contributed by atoms with E-state index < -0.39 is 0 Å². The van der Waals surface area contributed by atoms with E-state index in [-0.39, 0.29) is 0 Å². The van der Waals surface area contributed by atoms with Gasteiger partial charge in [-0.1, -0.05) is 37.2 Å². The van der Waals surface area contributed by atoms with E-state index in [9.17, 15) is 0 Å². The molecule has 0 N–H and O–H groups in total. The molecule has 0 unspecified atom stereocenters. The van der Waals surface area contributed by atoms with Crippen molar-refractivity contribution in [2.24, 2.45) is 0 Å². The highest BCUT2D eigenvalue weighted by molar-refractivity contribution is 7.99. The number of para-hydroxylation sites is 1. The predicted molar refractivity (Wildman–Crippen MR) is 110 cm³/mol. The van der Waals surface area contributed by atoms with E-state index in [0.717, 1.165) is 57.4 Å². The molecule has 3 heterocycles. The van der Waals surface area contributed by atoms with E-state index in [1.807, 2.05) is 47.0 Å². The summed E-state index contributed by atoms with van der Waals surface area (Å²) in [5.41, 5.74) is 2.67. The largest absolute Gasteiger partial charge is 0.486 e. The highest BCUT2D eigenvalue weighted by atomic mass is 32.2. The van der Waals surface area contributed by atoms with Crippen LogP contribution in [0.2, 0.25) is 0 Å². The van der Waals surface area contributed by atoms with Crippen molar-refractivity contribution in [3.05, 3.63) is 42.5 Å². The molecular weight excluding hydrogens is 372 g/mol. The molecule has 2 aromatic carbocycles. The zero-order valence-corrected chi connectivity index (χ0v) is 16.4. The molecule has 0 fully saturated rings. The summed E-state index contributed by atoms with van der Waals surface area (Å²) in [5.74, 6) is 3.17. The van der Waals surface area contributed by atoms with Crippen LogP contribution in [0.4, 0.5) is 0 Å². The van der Waals surface area contributed by atoms with Gasteiger partial charge in [0.05, 0.1) is 5.52 Å². The average Bonchev–Trinajstić information content (AvgIpc) is 3.20. The second-order valence-electron chi connectivity index (χ2n) is 6.64. The summed E-state index contributed by atoms with van der Waals surface area (Å²) in [7, 11) is 0. The third kappa shape index (κ3) is 3.05. The number of aromatic nitrogens is 4. The summed E-state index contributed by atoms with van der Waals surface area (Å²) < 4.78 is 13.2. The quantitative estimate of drug-likeness (QED) is 0.281. The monoisotopic (exact) mass is 392 g/mol. The van der Waals surface area contributed by atoms with E-state index >= 15 is 0 Å². The van der Waals surface area contributed by atoms with Gasteiger partial charge in [-0.05, 0) is 36.8 Å². The normalized spacial score (nSPS) is 13.3. The van der Waals surface area contributed by atoms with Crippen molar-refractivity contribution >= 4 is 28.3 Å². The number of nitrogens with zero attached hydrogens (tertiary/aromatic N) is 4. The number of rotatable bonds is 5. The van der Waals surface area contributed by atoms with Crippen LogP contribution in [0.15, 0.2) is 47.6 Å². The molecule has 0 radical (unpaired) electrons. The van der Waals surface area contributed by atoms with Gasteiger partial charge in [-0.15, -0.1) is 5.10 Å². The lowest BCUT2D eigenvalue weighted by Crippen LogP contribution is -2.15. The van der Waals surface area contributed by atoms with Crippen molar-refractivity contribution in [3.8, 4) is 22.9 Å². The van der Waals surface area contributed by atoms with Gasteiger partial charge in [0, 0.05) is 16.7 Å². The summed E-state index contributed by atoms with van der Waals surface area (Å²) in [6, 6.07) is 13.9. The maximum Gasteiger partial charge on any atom is 0.191 e. The van der Waals surface area contributed by atoms with Crippen molar-refractivity contribution in [1.29, 1.82) is 0 Å². The third-order valence-corrected chi connectivity index (χ3v) is 5.69. The Morgan fingerprint density at radius 3 is 2.79 bits per heavy atom. The number of thioether (sulfide) groups is 1. The molecule has 0 spiro atoms. The molecule has 28 heavy (non-hydrogen) atoms. The first kappa shape index (κ1) is 17.3. The van der Waals surface area contributed by atoms with Crippen LogP contribution in [-0.2, 0) is 0 Å². The molecule has 0 amide bonds. The second-order valence-corrected chi connectivity index (χ2v) is 7.70. The van der Waals surface area contributed by atoms with Crippen LogP contribution in [0.3, 0.4) is 0 Å².